The van der Waals surface area contributed by atoms with Crippen molar-refractivity contribution in [1.82, 2.24) is 9.78 Å². The summed E-state index contributed by atoms with van der Waals surface area (Å²) in [6.45, 7) is 2.80. The Morgan fingerprint density at radius 3 is 2.91 bits per heavy atom. The topological polar surface area (TPSA) is 86.9 Å². The maximum atomic E-state index is 12.3. The molecule has 0 spiro atoms. The lowest BCUT2D eigenvalue weighted by Gasteiger charge is -2.17. The fraction of sp³-hybridized carbons (Fsp3) is 0.333. The first kappa shape index (κ1) is 14.2. The molecule has 1 aromatic carbocycles. The molecular weight excluding hydrogens is 280 g/mol. The maximum Gasteiger partial charge on any atom is 0.228 e. The fourth-order valence-corrected chi connectivity index (χ4v) is 2.71. The van der Waals surface area contributed by atoms with Crippen LogP contribution in [0, 0.1) is 12.8 Å². The molecule has 1 aliphatic heterocycles. The summed E-state index contributed by atoms with van der Waals surface area (Å²) in [4.78, 5) is 16.8. The average molecular weight is 296 g/mol. The van der Waals surface area contributed by atoms with E-state index in [9.17, 15) is 4.79 Å². The smallest absolute Gasteiger partial charge is 0.228 e. The highest BCUT2D eigenvalue weighted by atomic mass is 16.2. The van der Waals surface area contributed by atoms with Crippen molar-refractivity contribution in [3.63, 3.8) is 0 Å². The van der Waals surface area contributed by atoms with Crippen molar-refractivity contribution in [2.45, 2.75) is 13.3 Å². The van der Waals surface area contributed by atoms with Crippen LogP contribution < -0.4 is 4.90 Å². The number of amides is 1. The van der Waals surface area contributed by atoms with E-state index in [0.717, 1.165) is 17.2 Å². The van der Waals surface area contributed by atoms with Crippen LogP contribution in [-0.4, -0.2) is 28.8 Å². The predicted octanol–water partition coefficient (Wildman–Crippen LogP) is 2.84. The van der Waals surface area contributed by atoms with Crippen LogP contribution >= 0.6 is 0 Å². The van der Waals surface area contributed by atoms with E-state index in [0.29, 0.717) is 19.5 Å². The zero-order valence-corrected chi connectivity index (χ0v) is 12.3. The summed E-state index contributed by atoms with van der Waals surface area (Å²) < 4.78 is 1.78. The number of benzene rings is 1. The third kappa shape index (κ3) is 2.66. The molecule has 2 aromatic rings. The minimum absolute atomic E-state index is 0.0372. The van der Waals surface area contributed by atoms with Crippen molar-refractivity contribution in [1.29, 1.82) is 0 Å². The van der Waals surface area contributed by atoms with Gasteiger partial charge in [-0.15, -0.1) is 0 Å². The van der Waals surface area contributed by atoms with Gasteiger partial charge in [0, 0.05) is 30.5 Å². The zero-order valence-electron chi connectivity index (χ0n) is 12.3. The Labute approximate surface area is 127 Å². The number of azide groups is 1. The van der Waals surface area contributed by atoms with Crippen molar-refractivity contribution >= 4 is 11.7 Å². The number of para-hydroxylation sites is 1. The van der Waals surface area contributed by atoms with Gasteiger partial charge in [0.1, 0.15) is 5.82 Å². The molecule has 7 nitrogen and oxygen atoms in total. The van der Waals surface area contributed by atoms with Gasteiger partial charge in [-0.1, -0.05) is 23.3 Å². The SMILES string of the molecule is Cc1cc(N2CC(CN=[N+]=[N-])CC2=O)n(-c2ccccc2)n1. The highest BCUT2D eigenvalue weighted by Gasteiger charge is 2.32. The van der Waals surface area contributed by atoms with Gasteiger partial charge in [-0.25, -0.2) is 4.68 Å². The largest absolute Gasteiger partial charge is 0.296 e. The molecule has 0 aliphatic carbocycles. The van der Waals surface area contributed by atoms with Gasteiger partial charge in [0.25, 0.3) is 0 Å². The molecule has 2 heterocycles. The lowest BCUT2D eigenvalue weighted by Crippen LogP contribution is -2.27. The van der Waals surface area contributed by atoms with Crippen LogP contribution in [0.3, 0.4) is 0 Å². The molecule has 22 heavy (non-hydrogen) atoms. The summed E-state index contributed by atoms with van der Waals surface area (Å²) in [6.07, 6.45) is 0.401. The molecule has 3 rings (SSSR count). The quantitative estimate of drug-likeness (QED) is 0.493. The second-order valence-electron chi connectivity index (χ2n) is 5.38. The Hall–Kier alpha value is -2.79. The van der Waals surface area contributed by atoms with Gasteiger partial charge in [-0.3, -0.25) is 9.69 Å². The molecule has 1 fully saturated rings. The molecule has 1 saturated heterocycles. The van der Waals surface area contributed by atoms with Gasteiger partial charge >= 0.3 is 0 Å². The van der Waals surface area contributed by atoms with Crippen LogP contribution in [0.4, 0.5) is 5.82 Å². The number of carbonyl (C=O) groups is 1. The fourth-order valence-electron chi connectivity index (χ4n) is 2.71. The minimum Gasteiger partial charge on any atom is -0.296 e. The minimum atomic E-state index is 0.0372. The van der Waals surface area contributed by atoms with Gasteiger partial charge in [-0.05, 0) is 30.5 Å². The molecule has 1 unspecified atom stereocenters. The second kappa shape index (κ2) is 5.91. The number of hydrogen-bond acceptors (Lipinski definition) is 3. The van der Waals surface area contributed by atoms with Crippen LogP contribution in [0.5, 0.6) is 0 Å². The Morgan fingerprint density at radius 2 is 2.18 bits per heavy atom. The number of anilines is 1. The summed E-state index contributed by atoms with van der Waals surface area (Å²) in [7, 11) is 0. The van der Waals surface area contributed by atoms with Crippen LogP contribution in [-0.2, 0) is 4.79 Å². The second-order valence-corrected chi connectivity index (χ2v) is 5.38. The van der Waals surface area contributed by atoms with Gasteiger partial charge in [0.05, 0.1) is 11.4 Å². The molecule has 0 N–H and O–H groups in total. The Balaban J connectivity index is 1.92. The van der Waals surface area contributed by atoms with E-state index in [1.165, 1.54) is 0 Å². The third-order valence-corrected chi connectivity index (χ3v) is 3.70. The van der Waals surface area contributed by atoms with E-state index in [4.69, 9.17) is 5.53 Å². The number of nitrogens with zero attached hydrogens (tertiary/aromatic N) is 6. The molecule has 1 amide bonds. The summed E-state index contributed by atoms with van der Waals surface area (Å²) in [6, 6.07) is 11.6. The van der Waals surface area contributed by atoms with Gasteiger partial charge < -0.3 is 0 Å². The first-order chi connectivity index (χ1) is 10.7. The number of aryl methyl sites for hydroxylation is 1. The van der Waals surface area contributed by atoms with Crippen molar-refractivity contribution in [2.75, 3.05) is 18.0 Å². The molecule has 1 atom stereocenters. The van der Waals surface area contributed by atoms with E-state index in [1.807, 2.05) is 43.3 Å². The Kier molecular flexibility index (Phi) is 3.80. The molecule has 1 aromatic heterocycles. The number of rotatable bonds is 4. The predicted molar refractivity (Wildman–Crippen MR) is 82.8 cm³/mol. The van der Waals surface area contributed by atoms with Crippen LogP contribution in [0.2, 0.25) is 0 Å². The Morgan fingerprint density at radius 1 is 1.41 bits per heavy atom. The molecule has 112 valence electrons. The number of hydrogen-bond donors (Lipinski definition) is 0. The lowest BCUT2D eigenvalue weighted by atomic mass is 10.1. The monoisotopic (exact) mass is 296 g/mol. The van der Waals surface area contributed by atoms with Crippen molar-refractivity contribution in [3.05, 3.63) is 52.5 Å². The molecule has 7 heteroatoms. The van der Waals surface area contributed by atoms with Crippen molar-refractivity contribution in [3.8, 4) is 5.69 Å². The number of aromatic nitrogens is 2. The summed E-state index contributed by atoms with van der Waals surface area (Å²) in [5.41, 5.74) is 10.2. The number of carbonyl (C=O) groups excluding carboxylic acids is 1. The Bertz CT molecular complexity index is 732. The average Bonchev–Trinajstić information content (AvgIpc) is 3.08. The molecule has 1 aliphatic rings. The third-order valence-electron chi connectivity index (χ3n) is 3.70. The van der Waals surface area contributed by atoms with Gasteiger partial charge in [-0.2, -0.15) is 5.10 Å². The first-order valence-electron chi connectivity index (χ1n) is 7.12. The van der Waals surface area contributed by atoms with E-state index >= 15 is 0 Å². The van der Waals surface area contributed by atoms with E-state index < -0.39 is 0 Å². The highest BCUT2D eigenvalue weighted by Crippen LogP contribution is 2.28. The van der Waals surface area contributed by atoms with Crippen molar-refractivity contribution in [2.24, 2.45) is 11.0 Å². The van der Waals surface area contributed by atoms with E-state index in [-0.39, 0.29) is 11.8 Å². The molecular formula is C15H16N6O. The normalized spacial score (nSPS) is 17.6. The maximum absolute atomic E-state index is 12.3. The first-order valence-corrected chi connectivity index (χ1v) is 7.12. The van der Waals surface area contributed by atoms with Gasteiger partial charge in [0.15, 0.2) is 0 Å². The zero-order chi connectivity index (χ0) is 15.5. The van der Waals surface area contributed by atoms with Crippen molar-refractivity contribution < 1.29 is 4.79 Å². The summed E-state index contributed by atoms with van der Waals surface area (Å²) >= 11 is 0. The van der Waals surface area contributed by atoms with E-state index in [2.05, 4.69) is 15.1 Å². The molecule has 0 bridgehead atoms. The lowest BCUT2D eigenvalue weighted by molar-refractivity contribution is -0.117. The highest BCUT2D eigenvalue weighted by molar-refractivity contribution is 5.95. The van der Waals surface area contributed by atoms with E-state index in [1.54, 1.807) is 9.58 Å². The van der Waals surface area contributed by atoms with Crippen LogP contribution in [0.15, 0.2) is 41.5 Å². The molecule has 0 saturated carbocycles. The standard InChI is InChI=1S/C15H16N6O/c1-11-7-14(21(18-11)13-5-3-2-4-6-13)20-10-12(8-15(20)22)9-17-19-16/h2-7,12H,8-10H2,1H3. The molecule has 0 radical (unpaired) electrons. The van der Waals surface area contributed by atoms with Crippen LogP contribution in [0.25, 0.3) is 16.1 Å². The van der Waals surface area contributed by atoms with Gasteiger partial charge in [0.2, 0.25) is 5.91 Å². The summed E-state index contributed by atoms with van der Waals surface area (Å²) in [5, 5.41) is 8.07. The summed E-state index contributed by atoms with van der Waals surface area (Å²) in [5.74, 6) is 0.857. The van der Waals surface area contributed by atoms with Crippen LogP contribution in [0.1, 0.15) is 12.1 Å².